The number of amides is 2. The van der Waals surface area contributed by atoms with E-state index in [4.69, 9.17) is 0 Å². The Hall–Kier alpha value is -1.89. The second-order valence-corrected chi connectivity index (χ2v) is 6.90. The van der Waals surface area contributed by atoms with E-state index < -0.39 is 15.9 Å². The lowest BCUT2D eigenvalue weighted by atomic mass is 10.2. The molecule has 2 amide bonds. The molecular formula is C13H16N2O4S. The van der Waals surface area contributed by atoms with Crippen molar-refractivity contribution in [3.8, 4) is 0 Å². The van der Waals surface area contributed by atoms with E-state index in [1.54, 1.807) is 19.1 Å². The van der Waals surface area contributed by atoms with Crippen LogP contribution < -0.4 is 5.32 Å². The van der Waals surface area contributed by atoms with Crippen molar-refractivity contribution in [3.63, 3.8) is 0 Å². The Bertz CT molecular complexity index is 637. The number of likely N-dealkylation sites (tertiary alicyclic amines) is 1. The van der Waals surface area contributed by atoms with Crippen molar-refractivity contribution < 1.29 is 18.0 Å². The average Bonchev–Trinajstić information content (AvgIpc) is 2.67. The molecule has 1 aliphatic heterocycles. The molecule has 1 aromatic rings. The first-order chi connectivity index (χ1) is 9.35. The third kappa shape index (κ3) is 2.67. The Labute approximate surface area is 117 Å². The van der Waals surface area contributed by atoms with Crippen LogP contribution in [0.4, 0.5) is 5.69 Å². The highest BCUT2D eigenvalue weighted by atomic mass is 32.2. The Morgan fingerprint density at radius 2 is 1.85 bits per heavy atom. The number of carbonyl (C=O) groups excluding carboxylic acids is 2. The van der Waals surface area contributed by atoms with E-state index in [1.165, 1.54) is 19.2 Å². The standard InChI is InChI=1S/C13H16N2O4S/c1-3-20(18,19)10-6-4-9(5-7-10)14-11-8-12(16)15(2)13(11)17/h4-7,11,14H,3,8H2,1-2H3. The van der Waals surface area contributed by atoms with Crippen LogP contribution in [0.1, 0.15) is 13.3 Å². The molecule has 20 heavy (non-hydrogen) atoms. The molecule has 1 fully saturated rings. The molecule has 1 atom stereocenters. The number of rotatable bonds is 4. The van der Waals surface area contributed by atoms with Gasteiger partial charge in [-0.15, -0.1) is 0 Å². The van der Waals surface area contributed by atoms with Crippen LogP contribution in [0.15, 0.2) is 29.2 Å². The zero-order chi connectivity index (χ0) is 14.9. The van der Waals surface area contributed by atoms with E-state index in [2.05, 4.69) is 5.32 Å². The van der Waals surface area contributed by atoms with Crippen LogP contribution in [0, 0.1) is 0 Å². The summed E-state index contributed by atoms with van der Waals surface area (Å²) in [6.45, 7) is 1.58. The summed E-state index contributed by atoms with van der Waals surface area (Å²) in [5.41, 5.74) is 0.613. The minimum atomic E-state index is -3.23. The van der Waals surface area contributed by atoms with Crippen molar-refractivity contribution in [2.24, 2.45) is 0 Å². The summed E-state index contributed by atoms with van der Waals surface area (Å²) in [5, 5.41) is 2.94. The zero-order valence-corrected chi connectivity index (χ0v) is 12.1. The summed E-state index contributed by atoms with van der Waals surface area (Å²) in [5.74, 6) is -0.460. The molecule has 1 unspecified atom stereocenters. The maximum absolute atomic E-state index is 11.7. The lowest BCUT2D eigenvalue weighted by molar-refractivity contribution is -0.136. The molecule has 0 saturated carbocycles. The third-order valence-corrected chi connectivity index (χ3v) is 5.07. The number of sulfone groups is 1. The largest absolute Gasteiger partial charge is 0.373 e. The number of hydrogen-bond donors (Lipinski definition) is 1. The molecule has 0 spiro atoms. The van der Waals surface area contributed by atoms with Crippen LogP contribution in [0.5, 0.6) is 0 Å². The predicted octanol–water partition coefficient (Wildman–Crippen LogP) is 0.649. The molecule has 7 heteroatoms. The van der Waals surface area contributed by atoms with Gasteiger partial charge in [-0.25, -0.2) is 8.42 Å². The summed E-state index contributed by atoms with van der Waals surface area (Å²) < 4.78 is 23.3. The molecule has 0 aliphatic carbocycles. The van der Waals surface area contributed by atoms with Crippen LogP contribution in [-0.4, -0.2) is 44.0 Å². The minimum absolute atomic E-state index is 0.0418. The van der Waals surface area contributed by atoms with Gasteiger partial charge in [-0.2, -0.15) is 0 Å². The van der Waals surface area contributed by atoms with Gasteiger partial charge >= 0.3 is 0 Å². The molecule has 1 N–H and O–H groups in total. The highest BCUT2D eigenvalue weighted by molar-refractivity contribution is 7.91. The monoisotopic (exact) mass is 296 g/mol. The second-order valence-electron chi connectivity index (χ2n) is 4.62. The van der Waals surface area contributed by atoms with Gasteiger partial charge in [0.2, 0.25) is 5.91 Å². The van der Waals surface area contributed by atoms with Crippen molar-refractivity contribution in [1.82, 2.24) is 4.90 Å². The fraction of sp³-hybridized carbons (Fsp3) is 0.385. The second kappa shape index (κ2) is 5.24. The fourth-order valence-corrected chi connectivity index (χ4v) is 2.88. The molecule has 2 rings (SSSR count). The topological polar surface area (TPSA) is 83.6 Å². The van der Waals surface area contributed by atoms with E-state index in [9.17, 15) is 18.0 Å². The van der Waals surface area contributed by atoms with E-state index in [0.29, 0.717) is 5.69 Å². The van der Waals surface area contributed by atoms with Gasteiger partial charge in [0.15, 0.2) is 9.84 Å². The molecule has 1 saturated heterocycles. The highest BCUT2D eigenvalue weighted by Gasteiger charge is 2.35. The summed E-state index contributed by atoms with van der Waals surface area (Å²) in [7, 11) is -1.78. The van der Waals surface area contributed by atoms with Crippen molar-refractivity contribution in [3.05, 3.63) is 24.3 Å². The molecule has 1 aromatic carbocycles. The van der Waals surface area contributed by atoms with Gasteiger partial charge in [-0.1, -0.05) is 6.92 Å². The number of imide groups is 1. The zero-order valence-electron chi connectivity index (χ0n) is 11.3. The molecule has 1 aliphatic rings. The minimum Gasteiger partial charge on any atom is -0.373 e. The quantitative estimate of drug-likeness (QED) is 0.825. The number of hydrogen-bond acceptors (Lipinski definition) is 5. The van der Waals surface area contributed by atoms with Gasteiger partial charge in [0, 0.05) is 12.7 Å². The molecule has 1 heterocycles. The number of anilines is 1. The van der Waals surface area contributed by atoms with Crippen LogP contribution in [0.2, 0.25) is 0 Å². The van der Waals surface area contributed by atoms with Gasteiger partial charge < -0.3 is 5.32 Å². The first kappa shape index (κ1) is 14.5. The van der Waals surface area contributed by atoms with Crippen LogP contribution in [0.3, 0.4) is 0 Å². The number of nitrogens with zero attached hydrogens (tertiary/aromatic N) is 1. The maximum atomic E-state index is 11.7. The Morgan fingerprint density at radius 1 is 1.25 bits per heavy atom. The Morgan fingerprint density at radius 3 is 2.30 bits per heavy atom. The molecule has 0 radical (unpaired) electrons. The summed E-state index contributed by atoms with van der Waals surface area (Å²) in [4.78, 5) is 24.5. The van der Waals surface area contributed by atoms with Crippen molar-refractivity contribution in [2.45, 2.75) is 24.3 Å². The fourth-order valence-electron chi connectivity index (χ4n) is 1.99. The first-order valence-corrected chi connectivity index (χ1v) is 7.90. The molecular weight excluding hydrogens is 280 g/mol. The van der Waals surface area contributed by atoms with Gasteiger partial charge in [-0.3, -0.25) is 14.5 Å². The predicted molar refractivity (Wildman–Crippen MR) is 74.0 cm³/mol. The van der Waals surface area contributed by atoms with Crippen molar-refractivity contribution >= 4 is 27.3 Å². The molecule has 6 nitrogen and oxygen atoms in total. The van der Waals surface area contributed by atoms with Gasteiger partial charge in [0.1, 0.15) is 6.04 Å². The van der Waals surface area contributed by atoms with Gasteiger partial charge in [0.25, 0.3) is 5.91 Å². The van der Waals surface area contributed by atoms with Crippen LogP contribution in [0.25, 0.3) is 0 Å². The Balaban J connectivity index is 2.13. The van der Waals surface area contributed by atoms with E-state index >= 15 is 0 Å². The number of likely N-dealkylation sites (N-methyl/N-ethyl adjacent to an activating group) is 1. The summed E-state index contributed by atoms with van der Waals surface area (Å²) in [6.07, 6.45) is 0.115. The summed E-state index contributed by atoms with van der Waals surface area (Å²) >= 11 is 0. The first-order valence-electron chi connectivity index (χ1n) is 6.25. The molecule has 108 valence electrons. The van der Waals surface area contributed by atoms with E-state index in [0.717, 1.165) is 4.90 Å². The SMILES string of the molecule is CCS(=O)(=O)c1ccc(NC2CC(=O)N(C)C2=O)cc1. The van der Waals surface area contributed by atoms with Crippen molar-refractivity contribution in [2.75, 3.05) is 18.1 Å². The van der Waals surface area contributed by atoms with Gasteiger partial charge in [0.05, 0.1) is 17.1 Å². The normalized spacial score (nSPS) is 19.5. The number of benzene rings is 1. The average molecular weight is 296 g/mol. The lowest BCUT2D eigenvalue weighted by Crippen LogP contribution is -2.31. The van der Waals surface area contributed by atoms with E-state index in [1.807, 2.05) is 0 Å². The molecule has 0 aromatic heterocycles. The van der Waals surface area contributed by atoms with Crippen molar-refractivity contribution in [1.29, 1.82) is 0 Å². The number of nitrogens with one attached hydrogen (secondary N) is 1. The van der Waals surface area contributed by atoms with Gasteiger partial charge in [-0.05, 0) is 24.3 Å². The molecule has 0 bridgehead atoms. The third-order valence-electron chi connectivity index (χ3n) is 3.32. The number of carbonyl (C=O) groups is 2. The van der Waals surface area contributed by atoms with Crippen LogP contribution >= 0.6 is 0 Å². The highest BCUT2D eigenvalue weighted by Crippen LogP contribution is 2.19. The smallest absolute Gasteiger partial charge is 0.251 e. The van der Waals surface area contributed by atoms with E-state index in [-0.39, 0.29) is 28.9 Å². The maximum Gasteiger partial charge on any atom is 0.251 e. The summed E-state index contributed by atoms with van der Waals surface area (Å²) in [6, 6.07) is 5.59. The van der Waals surface area contributed by atoms with Crippen LogP contribution in [-0.2, 0) is 19.4 Å². The lowest BCUT2D eigenvalue weighted by Gasteiger charge is -2.12. The Kier molecular flexibility index (Phi) is 3.80.